The molecule has 1 saturated carbocycles. The monoisotopic (exact) mass is 366 g/mol. The second-order valence-electron chi connectivity index (χ2n) is 7.23. The lowest BCUT2D eigenvalue weighted by Crippen LogP contribution is -2.12. The predicted octanol–water partition coefficient (Wildman–Crippen LogP) is 6.40. The lowest BCUT2D eigenvalue weighted by Gasteiger charge is -2.09. The number of fused-ring (bicyclic) bond motifs is 1. The molecule has 3 aromatic rings. The summed E-state index contributed by atoms with van der Waals surface area (Å²) < 4.78 is 0. The Morgan fingerprint density at radius 2 is 1.85 bits per heavy atom. The minimum absolute atomic E-state index is 0.116. The average molecular weight is 367 g/mol. The molecule has 3 nitrogen and oxygen atoms in total. The highest BCUT2D eigenvalue weighted by atomic mass is 35.5. The summed E-state index contributed by atoms with van der Waals surface area (Å²) >= 11 is 6.06. The van der Waals surface area contributed by atoms with Gasteiger partial charge in [-0.2, -0.15) is 0 Å². The molecule has 0 aliphatic heterocycles. The Kier molecular flexibility index (Phi) is 4.98. The highest BCUT2D eigenvalue weighted by Crippen LogP contribution is 2.29. The highest BCUT2D eigenvalue weighted by Gasteiger charge is 2.16. The first-order chi connectivity index (χ1) is 12.7. The zero-order valence-corrected chi connectivity index (χ0v) is 15.5. The number of anilines is 1. The molecule has 2 N–H and O–H groups in total. The Morgan fingerprint density at radius 1 is 1.08 bits per heavy atom. The van der Waals surface area contributed by atoms with Gasteiger partial charge in [0.1, 0.15) is 0 Å². The van der Waals surface area contributed by atoms with Gasteiger partial charge in [0.15, 0.2) is 0 Å². The van der Waals surface area contributed by atoms with Gasteiger partial charge in [0.05, 0.1) is 0 Å². The molecule has 0 saturated heterocycles. The molecule has 134 valence electrons. The van der Waals surface area contributed by atoms with Gasteiger partial charge in [0, 0.05) is 33.7 Å². The van der Waals surface area contributed by atoms with E-state index in [9.17, 15) is 4.79 Å². The van der Waals surface area contributed by atoms with Crippen LogP contribution in [0.3, 0.4) is 0 Å². The Morgan fingerprint density at radius 3 is 2.62 bits per heavy atom. The third-order valence-corrected chi connectivity index (χ3v) is 5.55. The van der Waals surface area contributed by atoms with Crippen LogP contribution in [0.1, 0.15) is 38.5 Å². The van der Waals surface area contributed by atoms with Gasteiger partial charge in [-0.05, 0) is 54.3 Å². The van der Waals surface area contributed by atoms with E-state index in [4.69, 9.17) is 11.6 Å². The molecule has 2 aromatic carbocycles. The van der Waals surface area contributed by atoms with Gasteiger partial charge >= 0.3 is 0 Å². The predicted molar refractivity (Wildman–Crippen MR) is 109 cm³/mol. The van der Waals surface area contributed by atoms with Crippen LogP contribution in [0, 0.1) is 5.92 Å². The SMILES string of the molecule is O=C(CCC1CCCC1)Nc1ccc(-c2cc3cc(Cl)ccc3[nH]2)cc1. The molecular weight excluding hydrogens is 344 g/mol. The zero-order valence-electron chi connectivity index (χ0n) is 14.7. The molecule has 0 bridgehead atoms. The summed E-state index contributed by atoms with van der Waals surface area (Å²) in [7, 11) is 0. The fourth-order valence-electron chi connectivity index (χ4n) is 3.85. The van der Waals surface area contributed by atoms with Crippen molar-refractivity contribution in [1.82, 2.24) is 4.98 Å². The van der Waals surface area contributed by atoms with Crippen molar-refractivity contribution in [1.29, 1.82) is 0 Å². The maximum atomic E-state index is 12.1. The fraction of sp³-hybridized carbons (Fsp3) is 0.318. The molecule has 0 spiro atoms. The molecule has 4 heteroatoms. The van der Waals surface area contributed by atoms with Gasteiger partial charge in [-0.1, -0.05) is 49.4 Å². The second kappa shape index (κ2) is 7.55. The van der Waals surface area contributed by atoms with Gasteiger partial charge < -0.3 is 10.3 Å². The van der Waals surface area contributed by atoms with Crippen molar-refractivity contribution < 1.29 is 4.79 Å². The largest absolute Gasteiger partial charge is 0.355 e. The van der Waals surface area contributed by atoms with Crippen LogP contribution in [0.25, 0.3) is 22.2 Å². The number of hydrogen-bond acceptors (Lipinski definition) is 1. The number of amides is 1. The minimum Gasteiger partial charge on any atom is -0.355 e. The van der Waals surface area contributed by atoms with Gasteiger partial charge in [-0.15, -0.1) is 0 Å². The normalized spacial score (nSPS) is 14.8. The van der Waals surface area contributed by atoms with Crippen molar-refractivity contribution in [2.24, 2.45) is 5.92 Å². The molecule has 1 amide bonds. The van der Waals surface area contributed by atoms with Crippen molar-refractivity contribution in [3.05, 3.63) is 53.6 Å². The minimum atomic E-state index is 0.116. The third-order valence-electron chi connectivity index (χ3n) is 5.32. The van der Waals surface area contributed by atoms with E-state index in [1.807, 2.05) is 42.5 Å². The van der Waals surface area contributed by atoms with E-state index in [1.165, 1.54) is 25.7 Å². The first kappa shape index (κ1) is 17.2. The molecule has 1 aromatic heterocycles. The van der Waals surface area contributed by atoms with Crippen molar-refractivity contribution in [3.63, 3.8) is 0 Å². The van der Waals surface area contributed by atoms with E-state index in [1.54, 1.807) is 0 Å². The summed E-state index contributed by atoms with van der Waals surface area (Å²) in [4.78, 5) is 15.5. The molecule has 0 radical (unpaired) electrons. The molecule has 0 atom stereocenters. The van der Waals surface area contributed by atoms with Crippen molar-refractivity contribution in [3.8, 4) is 11.3 Å². The summed E-state index contributed by atoms with van der Waals surface area (Å²) in [5.74, 6) is 0.864. The summed E-state index contributed by atoms with van der Waals surface area (Å²) in [6.45, 7) is 0. The van der Waals surface area contributed by atoms with E-state index in [-0.39, 0.29) is 5.91 Å². The Balaban J connectivity index is 1.40. The van der Waals surface area contributed by atoms with Crippen LogP contribution < -0.4 is 5.32 Å². The number of aromatic amines is 1. The van der Waals surface area contributed by atoms with Gasteiger partial charge in [0.25, 0.3) is 0 Å². The maximum absolute atomic E-state index is 12.1. The number of aromatic nitrogens is 1. The van der Waals surface area contributed by atoms with Crippen LogP contribution in [0.4, 0.5) is 5.69 Å². The molecule has 1 aliphatic rings. The second-order valence-corrected chi connectivity index (χ2v) is 7.67. The van der Waals surface area contributed by atoms with Crippen LogP contribution in [-0.4, -0.2) is 10.9 Å². The van der Waals surface area contributed by atoms with Gasteiger partial charge in [-0.3, -0.25) is 4.79 Å². The topological polar surface area (TPSA) is 44.9 Å². The summed E-state index contributed by atoms with van der Waals surface area (Å²) in [6, 6.07) is 15.9. The van der Waals surface area contributed by atoms with E-state index in [2.05, 4.69) is 16.4 Å². The molecule has 1 aliphatic carbocycles. The number of rotatable bonds is 5. The molecule has 26 heavy (non-hydrogen) atoms. The first-order valence-corrected chi connectivity index (χ1v) is 9.74. The van der Waals surface area contributed by atoms with Crippen molar-refractivity contribution in [2.75, 3.05) is 5.32 Å². The summed E-state index contributed by atoms with van der Waals surface area (Å²) in [5.41, 5.74) is 4.04. The number of halogens is 1. The van der Waals surface area contributed by atoms with Crippen LogP contribution in [0.2, 0.25) is 5.02 Å². The third kappa shape index (κ3) is 3.94. The Bertz CT molecular complexity index is 908. The van der Waals surface area contributed by atoms with Gasteiger partial charge in [0.2, 0.25) is 5.91 Å². The molecule has 1 fully saturated rings. The van der Waals surface area contributed by atoms with Crippen molar-refractivity contribution in [2.45, 2.75) is 38.5 Å². The van der Waals surface area contributed by atoms with E-state index in [0.717, 1.165) is 45.2 Å². The van der Waals surface area contributed by atoms with Crippen molar-refractivity contribution >= 4 is 34.1 Å². The lowest BCUT2D eigenvalue weighted by atomic mass is 10.0. The standard InChI is InChI=1S/C22H23ClN2O/c23-18-8-11-20-17(13-18)14-21(25-20)16-6-9-19(10-7-16)24-22(26)12-5-15-3-1-2-4-15/h6-11,13-15,25H,1-5,12H2,(H,24,26). The number of hydrogen-bond donors (Lipinski definition) is 2. The number of nitrogens with one attached hydrogen (secondary N) is 2. The quantitative estimate of drug-likeness (QED) is 0.539. The maximum Gasteiger partial charge on any atom is 0.224 e. The van der Waals surface area contributed by atoms with E-state index in [0.29, 0.717) is 6.42 Å². The number of carbonyl (C=O) groups is 1. The lowest BCUT2D eigenvalue weighted by molar-refractivity contribution is -0.116. The fourth-order valence-corrected chi connectivity index (χ4v) is 4.03. The van der Waals surface area contributed by atoms with Gasteiger partial charge in [-0.25, -0.2) is 0 Å². The molecule has 0 unspecified atom stereocenters. The molecule has 4 rings (SSSR count). The zero-order chi connectivity index (χ0) is 17.9. The Hall–Kier alpha value is -2.26. The summed E-state index contributed by atoms with van der Waals surface area (Å²) in [5, 5.41) is 4.84. The number of H-pyrrole nitrogens is 1. The Labute approximate surface area is 158 Å². The summed E-state index contributed by atoms with van der Waals surface area (Å²) in [6.07, 6.45) is 6.87. The average Bonchev–Trinajstić information content (AvgIpc) is 3.29. The first-order valence-electron chi connectivity index (χ1n) is 9.36. The van der Waals surface area contributed by atoms with Crippen LogP contribution in [0.15, 0.2) is 48.5 Å². The smallest absolute Gasteiger partial charge is 0.224 e. The van der Waals surface area contributed by atoms with Crippen LogP contribution in [-0.2, 0) is 4.79 Å². The number of benzene rings is 2. The van der Waals surface area contributed by atoms with E-state index < -0.39 is 0 Å². The van der Waals surface area contributed by atoms with E-state index >= 15 is 0 Å². The molecular formula is C22H23ClN2O. The highest BCUT2D eigenvalue weighted by molar-refractivity contribution is 6.31. The number of carbonyl (C=O) groups excluding carboxylic acids is 1. The van der Waals surface area contributed by atoms with Crippen LogP contribution in [0.5, 0.6) is 0 Å². The van der Waals surface area contributed by atoms with Crippen LogP contribution >= 0.6 is 11.6 Å². The molecule has 1 heterocycles.